The zero-order chi connectivity index (χ0) is 16.2. The average molecular weight is 329 g/mol. The van der Waals surface area contributed by atoms with Crippen LogP contribution in [-0.4, -0.2) is 52.6 Å². The highest BCUT2D eigenvalue weighted by molar-refractivity contribution is 7.13. The molecule has 6 nitrogen and oxygen atoms in total. The highest BCUT2D eigenvalue weighted by atomic mass is 32.1. The molecule has 3 aromatic heterocycles. The van der Waals surface area contributed by atoms with Gasteiger partial charge < -0.3 is 10.2 Å². The van der Waals surface area contributed by atoms with Crippen LogP contribution in [0.25, 0.3) is 16.2 Å². The van der Waals surface area contributed by atoms with E-state index in [2.05, 4.69) is 20.3 Å². The smallest absolute Gasteiger partial charge is 0.256 e. The molecule has 3 aromatic rings. The van der Waals surface area contributed by atoms with Gasteiger partial charge in [0.05, 0.1) is 16.8 Å². The van der Waals surface area contributed by atoms with E-state index in [1.807, 2.05) is 37.7 Å². The number of thiophene rings is 1. The molecule has 0 radical (unpaired) electrons. The first-order valence-corrected chi connectivity index (χ1v) is 8.34. The molecular formula is C16H19N5OS. The minimum absolute atomic E-state index is 0.130. The lowest BCUT2D eigenvalue weighted by Gasteiger charge is -2.09. The van der Waals surface area contributed by atoms with Crippen LogP contribution in [0.3, 0.4) is 0 Å². The third-order valence-corrected chi connectivity index (χ3v) is 4.38. The molecule has 0 unspecified atom stereocenters. The Labute approximate surface area is 138 Å². The molecule has 1 amide bonds. The molecule has 1 N–H and O–H groups in total. The van der Waals surface area contributed by atoms with Gasteiger partial charge in [0.2, 0.25) is 0 Å². The summed E-state index contributed by atoms with van der Waals surface area (Å²) >= 11 is 1.63. The van der Waals surface area contributed by atoms with Crippen molar-refractivity contribution >= 4 is 22.9 Å². The summed E-state index contributed by atoms with van der Waals surface area (Å²) in [5.74, 6) is -0.130. The summed E-state index contributed by atoms with van der Waals surface area (Å²) in [6, 6.07) is 5.93. The van der Waals surface area contributed by atoms with Gasteiger partial charge in [-0.05, 0) is 44.6 Å². The number of carbonyl (C=O) groups is 1. The first-order valence-electron chi connectivity index (χ1n) is 7.46. The van der Waals surface area contributed by atoms with Crippen molar-refractivity contribution in [2.45, 2.75) is 6.42 Å². The fraction of sp³-hybridized carbons (Fsp3) is 0.312. The molecule has 0 saturated heterocycles. The lowest BCUT2D eigenvalue weighted by atomic mass is 10.3. The van der Waals surface area contributed by atoms with Gasteiger partial charge in [-0.3, -0.25) is 4.79 Å². The minimum Gasteiger partial charge on any atom is -0.352 e. The number of hydrogen-bond acceptors (Lipinski definition) is 5. The lowest BCUT2D eigenvalue weighted by Crippen LogP contribution is -2.27. The fourth-order valence-electron chi connectivity index (χ4n) is 2.35. The van der Waals surface area contributed by atoms with Crippen molar-refractivity contribution < 1.29 is 4.79 Å². The summed E-state index contributed by atoms with van der Waals surface area (Å²) < 4.78 is 1.72. The quantitative estimate of drug-likeness (QED) is 0.704. The maximum Gasteiger partial charge on any atom is 0.256 e. The highest BCUT2D eigenvalue weighted by Crippen LogP contribution is 2.25. The second-order valence-electron chi connectivity index (χ2n) is 5.51. The van der Waals surface area contributed by atoms with Gasteiger partial charge in [-0.25, -0.2) is 9.50 Å². The van der Waals surface area contributed by atoms with Crippen LogP contribution in [0.15, 0.2) is 36.0 Å². The molecule has 0 bridgehead atoms. The van der Waals surface area contributed by atoms with Gasteiger partial charge >= 0.3 is 0 Å². The van der Waals surface area contributed by atoms with E-state index in [4.69, 9.17) is 0 Å². The second-order valence-corrected chi connectivity index (χ2v) is 6.46. The molecule has 0 fully saturated rings. The number of rotatable bonds is 6. The summed E-state index contributed by atoms with van der Waals surface area (Å²) in [6.07, 6.45) is 4.21. The molecular weight excluding hydrogens is 310 g/mol. The summed E-state index contributed by atoms with van der Waals surface area (Å²) in [4.78, 5) is 19.9. The van der Waals surface area contributed by atoms with E-state index in [-0.39, 0.29) is 5.91 Å². The number of amides is 1. The predicted molar refractivity (Wildman–Crippen MR) is 91.8 cm³/mol. The zero-order valence-electron chi connectivity index (χ0n) is 13.2. The molecule has 0 atom stereocenters. The van der Waals surface area contributed by atoms with Gasteiger partial charge in [-0.15, -0.1) is 11.3 Å². The van der Waals surface area contributed by atoms with Gasteiger partial charge in [0.15, 0.2) is 5.65 Å². The first kappa shape index (κ1) is 15.6. The maximum atomic E-state index is 12.3. The largest absolute Gasteiger partial charge is 0.352 e. The van der Waals surface area contributed by atoms with Crippen LogP contribution in [-0.2, 0) is 0 Å². The Morgan fingerprint density at radius 2 is 2.26 bits per heavy atom. The van der Waals surface area contributed by atoms with E-state index in [1.54, 1.807) is 28.2 Å². The number of hydrogen-bond donors (Lipinski definition) is 1. The SMILES string of the molecule is CN(C)CCCNC(=O)c1cnn2c(-c3cccs3)ccnc12. The van der Waals surface area contributed by atoms with Gasteiger partial charge in [0, 0.05) is 12.7 Å². The Kier molecular flexibility index (Phi) is 4.68. The number of nitrogens with one attached hydrogen (secondary N) is 1. The molecule has 0 aliphatic rings. The Morgan fingerprint density at radius 1 is 1.39 bits per heavy atom. The molecule has 0 aliphatic heterocycles. The summed E-state index contributed by atoms with van der Waals surface area (Å²) in [7, 11) is 4.03. The second kappa shape index (κ2) is 6.89. The van der Waals surface area contributed by atoms with Gasteiger partial charge in [0.25, 0.3) is 5.91 Å². The maximum absolute atomic E-state index is 12.3. The molecule has 0 aliphatic carbocycles. The van der Waals surface area contributed by atoms with Crippen molar-refractivity contribution in [2.24, 2.45) is 0 Å². The standard InChI is InChI=1S/C16H19N5OS/c1-20(2)9-4-7-18-16(22)12-11-19-21-13(6-8-17-15(12)21)14-5-3-10-23-14/h3,5-6,8,10-11H,4,7,9H2,1-2H3,(H,18,22). The van der Waals surface area contributed by atoms with Crippen molar-refractivity contribution in [3.63, 3.8) is 0 Å². The fourth-order valence-corrected chi connectivity index (χ4v) is 3.09. The van der Waals surface area contributed by atoms with E-state index in [0.29, 0.717) is 17.8 Å². The summed E-state index contributed by atoms with van der Waals surface area (Å²) in [5, 5.41) is 9.29. The predicted octanol–water partition coefficient (Wildman–Crippen LogP) is 2.14. The lowest BCUT2D eigenvalue weighted by molar-refractivity contribution is 0.0953. The van der Waals surface area contributed by atoms with E-state index >= 15 is 0 Å². The van der Waals surface area contributed by atoms with Crippen molar-refractivity contribution in [1.29, 1.82) is 0 Å². The van der Waals surface area contributed by atoms with Crippen molar-refractivity contribution in [3.05, 3.63) is 41.5 Å². The van der Waals surface area contributed by atoms with Crippen LogP contribution in [0.1, 0.15) is 16.8 Å². The van der Waals surface area contributed by atoms with Crippen LogP contribution < -0.4 is 5.32 Å². The van der Waals surface area contributed by atoms with Crippen LogP contribution in [0.4, 0.5) is 0 Å². The van der Waals surface area contributed by atoms with Crippen molar-refractivity contribution in [1.82, 2.24) is 24.8 Å². The van der Waals surface area contributed by atoms with Crippen LogP contribution in [0, 0.1) is 0 Å². The van der Waals surface area contributed by atoms with E-state index in [9.17, 15) is 4.79 Å². The minimum atomic E-state index is -0.130. The topological polar surface area (TPSA) is 62.5 Å². The highest BCUT2D eigenvalue weighted by Gasteiger charge is 2.16. The molecule has 7 heteroatoms. The number of nitrogens with zero attached hydrogens (tertiary/aromatic N) is 4. The van der Waals surface area contributed by atoms with Crippen LogP contribution in [0.5, 0.6) is 0 Å². The van der Waals surface area contributed by atoms with Crippen molar-refractivity contribution in [2.75, 3.05) is 27.2 Å². The Bertz CT molecular complexity index is 794. The van der Waals surface area contributed by atoms with Gasteiger partial charge in [0.1, 0.15) is 5.56 Å². The van der Waals surface area contributed by atoms with Crippen LogP contribution >= 0.6 is 11.3 Å². The number of carbonyl (C=O) groups excluding carboxylic acids is 1. The molecule has 3 heterocycles. The van der Waals surface area contributed by atoms with E-state index in [0.717, 1.165) is 23.5 Å². The Balaban J connectivity index is 1.80. The van der Waals surface area contributed by atoms with E-state index in [1.165, 1.54) is 0 Å². The zero-order valence-corrected chi connectivity index (χ0v) is 14.0. The summed E-state index contributed by atoms with van der Waals surface area (Å²) in [6.45, 7) is 1.58. The third kappa shape index (κ3) is 3.40. The Hall–Kier alpha value is -2.25. The molecule has 0 spiro atoms. The molecule has 120 valence electrons. The van der Waals surface area contributed by atoms with E-state index < -0.39 is 0 Å². The normalized spacial score (nSPS) is 11.3. The Morgan fingerprint density at radius 3 is 3.00 bits per heavy atom. The van der Waals surface area contributed by atoms with Gasteiger partial charge in [-0.2, -0.15) is 5.10 Å². The number of aromatic nitrogens is 3. The monoisotopic (exact) mass is 329 g/mol. The molecule has 23 heavy (non-hydrogen) atoms. The third-order valence-electron chi connectivity index (χ3n) is 3.49. The van der Waals surface area contributed by atoms with Crippen LogP contribution in [0.2, 0.25) is 0 Å². The molecule has 3 rings (SSSR count). The molecule has 0 saturated carbocycles. The first-order chi connectivity index (χ1) is 11.2. The summed E-state index contributed by atoms with van der Waals surface area (Å²) in [5.41, 5.74) is 2.03. The number of fused-ring (bicyclic) bond motifs is 1. The van der Waals surface area contributed by atoms with Crippen molar-refractivity contribution in [3.8, 4) is 10.6 Å². The average Bonchev–Trinajstić information content (AvgIpc) is 3.19. The van der Waals surface area contributed by atoms with Gasteiger partial charge in [-0.1, -0.05) is 6.07 Å². The molecule has 0 aromatic carbocycles.